The van der Waals surface area contributed by atoms with Crippen molar-refractivity contribution in [3.63, 3.8) is 0 Å². The molecule has 0 radical (unpaired) electrons. The Morgan fingerprint density at radius 1 is 1.14 bits per heavy atom. The second-order valence-corrected chi connectivity index (χ2v) is 7.44. The minimum absolute atomic E-state index is 0.147. The van der Waals surface area contributed by atoms with Crippen LogP contribution in [0.15, 0.2) is 52.9 Å². The predicted molar refractivity (Wildman–Crippen MR) is 108 cm³/mol. The van der Waals surface area contributed by atoms with Crippen molar-refractivity contribution in [2.24, 2.45) is 0 Å². The molecule has 5 heteroatoms. The largest absolute Gasteiger partial charge is 0.451 e. The molecule has 142 valence electrons. The SMILES string of the molecule is Cc1cc2cc(C(=O)N3CCN(Cc4ccccc4)C(C#N)C3)oc2cc1C. The van der Waals surface area contributed by atoms with Crippen LogP contribution in [-0.4, -0.2) is 41.4 Å². The molecular weight excluding hydrogens is 350 g/mol. The van der Waals surface area contributed by atoms with Crippen molar-refractivity contribution in [2.45, 2.75) is 26.4 Å². The van der Waals surface area contributed by atoms with Crippen LogP contribution in [0.4, 0.5) is 0 Å². The van der Waals surface area contributed by atoms with Crippen LogP contribution in [-0.2, 0) is 6.54 Å². The van der Waals surface area contributed by atoms with Gasteiger partial charge in [-0.1, -0.05) is 30.3 Å². The second-order valence-electron chi connectivity index (χ2n) is 7.44. The molecule has 0 spiro atoms. The third-order valence-corrected chi connectivity index (χ3v) is 5.50. The highest BCUT2D eigenvalue weighted by atomic mass is 16.3. The molecule has 1 aliphatic rings. The number of nitriles is 1. The molecule has 1 aliphatic heterocycles. The van der Waals surface area contributed by atoms with Crippen molar-refractivity contribution in [1.82, 2.24) is 9.80 Å². The molecule has 1 saturated heterocycles. The Hall–Kier alpha value is -3.10. The summed E-state index contributed by atoms with van der Waals surface area (Å²) in [6, 6.07) is 18.0. The van der Waals surface area contributed by atoms with Gasteiger partial charge in [0.1, 0.15) is 11.6 Å². The second kappa shape index (κ2) is 7.49. The summed E-state index contributed by atoms with van der Waals surface area (Å²) in [5, 5.41) is 10.6. The number of furan rings is 1. The highest BCUT2D eigenvalue weighted by molar-refractivity contribution is 5.96. The van der Waals surface area contributed by atoms with Crippen molar-refractivity contribution >= 4 is 16.9 Å². The molecule has 0 bridgehead atoms. The lowest BCUT2D eigenvalue weighted by Gasteiger charge is -2.37. The van der Waals surface area contributed by atoms with Gasteiger partial charge in [0.25, 0.3) is 5.91 Å². The fourth-order valence-corrected chi connectivity index (χ4v) is 3.70. The Morgan fingerprint density at radius 3 is 2.64 bits per heavy atom. The normalized spacial score (nSPS) is 17.6. The van der Waals surface area contributed by atoms with E-state index < -0.39 is 0 Å². The maximum absolute atomic E-state index is 13.0. The maximum atomic E-state index is 13.0. The molecule has 5 nitrogen and oxygen atoms in total. The summed E-state index contributed by atoms with van der Waals surface area (Å²) in [4.78, 5) is 16.8. The number of rotatable bonds is 3. The third-order valence-electron chi connectivity index (χ3n) is 5.50. The van der Waals surface area contributed by atoms with Crippen LogP contribution >= 0.6 is 0 Å². The highest BCUT2D eigenvalue weighted by Crippen LogP contribution is 2.25. The van der Waals surface area contributed by atoms with Crippen LogP contribution in [0.3, 0.4) is 0 Å². The van der Waals surface area contributed by atoms with E-state index in [0.29, 0.717) is 31.9 Å². The van der Waals surface area contributed by atoms with Crippen molar-refractivity contribution < 1.29 is 9.21 Å². The number of nitrogens with zero attached hydrogens (tertiary/aromatic N) is 3. The van der Waals surface area contributed by atoms with Crippen LogP contribution in [0.1, 0.15) is 27.2 Å². The first-order valence-corrected chi connectivity index (χ1v) is 9.53. The molecule has 2 heterocycles. The first-order chi connectivity index (χ1) is 13.5. The lowest BCUT2D eigenvalue weighted by atomic mass is 10.1. The zero-order valence-electron chi connectivity index (χ0n) is 16.2. The van der Waals surface area contributed by atoms with E-state index in [1.54, 1.807) is 4.90 Å². The van der Waals surface area contributed by atoms with Crippen LogP contribution in [0.5, 0.6) is 0 Å². The van der Waals surface area contributed by atoms with E-state index in [1.165, 1.54) is 11.1 Å². The predicted octanol–water partition coefficient (Wildman–Crippen LogP) is 3.90. The van der Waals surface area contributed by atoms with Gasteiger partial charge in [0.05, 0.1) is 12.6 Å². The van der Waals surface area contributed by atoms with Crippen LogP contribution < -0.4 is 0 Å². The van der Waals surface area contributed by atoms with E-state index in [1.807, 2.05) is 50.2 Å². The number of aryl methyl sites for hydroxylation is 2. The van der Waals surface area contributed by atoms with Crippen molar-refractivity contribution in [1.29, 1.82) is 5.26 Å². The van der Waals surface area contributed by atoms with Gasteiger partial charge in [-0.25, -0.2) is 0 Å². The minimum Gasteiger partial charge on any atom is -0.451 e. The summed E-state index contributed by atoms with van der Waals surface area (Å²) in [6.07, 6.45) is 0. The number of fused-ring (bicyclic) bond motifs is 1. The summed E-state index contributed by atoms with van der Waals surface area (Å²) in [5.74, 6) is 0.194. The molecule has 1 unspecified atom stereocenters. The molecule has 0 N–H and O–H groups in total. The average molecular weight is 373 g/mol. The number of piperazine rings is 1. The van der Waals surface area contributed by atoms with Gasteiger partial charge in [-0.15, -0.1) is 0 Å². The molecule has 1 aromatic heterocycles. The number of benzene rings is 2. The molecule has 1 fully saturated rings. The quantitative estimate of drug-likeness (QED) is 0.699. The number of amides is 1. The van der Waals surface area contributed by atoms with Gasteiger partial charge in [-0.05, 0) is 48.7 Å². The van der Waals surface area contributed by atoms with Gasteiger partial charge >= 0.3 is 0 Å². The van der Waals surface area contributed by atoms with E-state index >= 15 is 0 Å². The molecule has 0 aliphatic carbocycles. The number of hydrogen-bond donors (Lipinski definition) is 0. The van der Waals surface area contributed by atoms with Crippen molar-refractivity contribution in [3.8, 4) is 6.07 Å². The molecular formula is C23H23N3O2. The van der Waals surface area contributed by atoms with Gasteiger partial charge in [0.2, 0.25) is 0 Å². The first-order valence-electron chi connectivity index (χ1n) is 9.53. The lowest BCUT2D eigenvalue weighted by molar-refractivity contribution is 0.0525. The smallest absolute Gasteiger partial charge is 0.289 e. The first kappa shape index (κ1) is 18.3. The fourth-order valence-electron chi connectivity index (χ4n) is 3.70. The van der Waals surface area contributed by atoms with Crippen molar-refractivity contribution in [3.05, 3.63) is 71.0 Å². The topological polar surface area (TPSA) is 60.5 Å². The number of carbonyl (C=O) groups is 1. The molecule has 28 heavy (non-hydrogen) atoms. The van der Waals surface area contributed by atoms with Crippen molar-refractivity contribution in [2.75, 3.05) is 19.6 Å². The average Bonchev–Trinajstić information content (AvgIpc) is 3.11. The zero-order valence-corrected chi connectivity index (χ0v) is 16.2. The summed E-state index contributed by atoms with van der Waals surface area (Å²) in [6.45, 7) is 6.42. The highest BCUT2D eigenvalue weighted by Gasteiger charge is 2.31. The van der Waals surface area contributed by atoms with E-state index in [9.17, 15) is 10.1 Å². The third kappa shape index (κ3) is 3.51. The Labute approximate surface area is 164 Å². The standard InChI is InChI=1S/C23H23N3O2/c1-16-10-19-12-22(28-21(19)11-17(16)2)23(27)26-9-8-25(20(13-24)15-26)14-18-6-4-3-5-7-18/h3-7,10-12,20H,8-9,14-15H2,1-2H3. The van der Waals surface area contributed by atoms with Gasteiger partial charge in [-0.3, -0.25) is 9.69 Å². The molecule has 1 atom stereocenters. The summed E-state index contributed by atoms with van der Waals surface area (Å²) in [7, 11) is 0. The van der Waals surface area contributed by atoms with Gasteiger partial charge < -0.3 is 9.32 Å². The summed E-state index contributed by atoms with van der Waals surface area (Å²) < 4.78 is 5.82. The Balaban J connectivity index is 1.50. The van der Waals surface area contributed by atoms with Gasteiger partial charge in [-0.2, -0.15) is 5.26 Å². The molecule has 4 rings (SSSR count). The summed E-state index contributed by atoms with van der Waals surface area (Å²) in [5.41, 5.74) is 4.21. The Morgan fingerprint density at radius 2 is 1.89 bits per heavy atom. The molecule has 2 aromatic carbocycles. The van der Waals surface area contributed by atoms with Crippen LogP contribution in [0.25, 0.3) is 11.0 Å². The van der Waals surface area contributed by atoms with Crippen LogP contribution in [0, 0.1) is 25.2 Å². The lowest BCUT2D eigenvalue weighted by Crippen LogP contribution is -2.53. The maximum Gasteiger partial charge on any atom is 0.289 e. The molecule has 1 amide bonds. The Kier molecular flexibility index (Phi) is 4.89. The minimum atomic E-state index is -0.327. The number of hydrogen-bond acceptors (Lipinski definition) is 4. The fraction of sp³-hybridized carbons (Fsp3) is 0.304. The van der Waals surface area contributed by atoms with Crippen LogP contribution in [0.2, 0.25) is 0 Å². The van der Waals surface area contributed by atoms with E-state index in [-0.39, 0.29) is 11.9 Å². The zero-order chi connectivity index (χ0) is 19.7. The van der Waals surface area contributed by atoms with E-state index in [0.717, 1.165) is 16.5 Å². The summed E-state index contributed by atoms with van der Waals surface area (Å²) >= 11 is 0. The van der Waals surface area contributed by atoms with E-state index in [2.05, 4.69) is 23.1 Å². The Bertz CT molecular complexity index is 1010. The van der Waals surface area contributed by atoms with Gasteiger partial charge in [0.15, 0.2) is 5.76 Å². The van der Waals surface area contributed by atoms with Gasteiger partial charge in [0, 0.05) is 25.0 Å². The monoisotopic (exact) mass is 373 g/mol. The van der Waals surface area contributed by atoms with E-state index in [4.69, 9.17) is 4.42 Å². The number of carbonyl (C=O) groups excluding carboxylic acids is 1. The molecule has 0 saturated carbocycles. The molecule has 3 aromatic rings.